The van der Waals surface area contributed by atoms with Crippen molar-refractivity contribution in [3.63, 3.8) is 0 Å². The van der Waals surface area contributed by atoms with Gasteiger partial charge in [-0.1, -0.05) is 18.2 Å². The monoisotopic (exact) mass is 532 g/mol. The number of aromatic nitrogens is 2. The smallest absolute Gasteiger partial charge is 0.339 e. The summed E-state index contributed by atoms with van der Waals surface area (Å²) >= 11 is 0. The van der Waals surface area contributed by atoms with Crippen molar-refractivity contribution in [2.24, 2.45) is 0 Å². The second-order valence-corrected chi connectivity index (χ2v) is 10.4. The molecule has 1 N–H and O–H groups in total. The number of fused-ring (bicyclic) bond motifs is 1. The fraction of sp³-hybridized carbons (Fsp3) is 0.185. The number of hydrogen-bond acceptors (Lipinski definition) is 8. The molecule has 0 aliphatic carbocycles. The Morgan fingerprint density at radius 1 is 0.974 bits per heavy atom. The van der Waals surface area contributed by atoms with Crippen LogP contribution in [0, 0.1) is 0 Å². The number of rotatable bonds is 7. The van der Waals surface area contributed by atoms with Gasteiger partial charge < -0.3 is 14.8 Å². The number of para-hydroxylation sites is 1. The number of amides is 1. The molecular weight excluding hydrogens is 508 g/mol. The molecule has 1 fully saturated rings. The van der Waals surface area contributed by atoms with Gasteiger partial charge in [-0.05, 0) is 48.5 Å². The highest BCUT2D eigenvalue weighted by molar-refractivity contribution is 7.89. The maximum absolute atomic E-state index is 13.0. The summed E-state index contributed by atoms with van der Waals surface area (Å²) in [5.74, 6) is -1.23. The van der Waals surface area contributed by atoms with Crippen LogP contribution in [0.25, 0.3) is 22.2 Å². The molecule has 4 aromatic rings. The minimum atomic E-state index is -3.64. The minimum Gasteiger partial charge on any atom is -0.452 e. The van der Waals surface area contributed by atoms with Gasteiger partial charge in [-0.2, -0.15) is 4.31 Å². The van der Waals surface area contributed by atoms with Crippen LogP contribution in [0.15, 0.2) is 84.0 Å². The van der Waals surface area contributed by atoms with Crippen LogP contribution in [0.5, 0.6) is 0 Å². The van der Waals surface area contributed by atoms with Crippen LogP contribution in [0.4, 0.5) is 5.69 Å². The van der Waals surface area contributed by atoms with Crippen molar-refractivity contribution >= 4 is 38.5 Å². The lowest BCUT2D eigenvalue weighted by atomic mass is 10.0. The first-order valence-corrected chi connectivity index (χ1v) is 13.3. The first kappa shape index (κ1) is 25.5. The molecule has 194 valence electrons. The highest BCUT2D eigenvalue weighted by Crippen LogP contribution is 2.25. The molecular formula is C27H24N4O6S. The first-order valence-electron chi connectivity index (χ1n) is 11.9. The number of hydrogen-bond donors (Lipinski definition) is 1. The van der Waals surface area contributed by atoms with Crippen molar-refractivity contribution in [2.45, 2.75) is 4.90 Å². The highest BCUT2D eigenvalue weighted by Gasteiger charge is 2.26. The van der Waals surface area contributed by atoms with Gasteiger partial charge in [0.25, 0.3) is 5.91 Å². The van der Waals surface area contributed by atoms with E-state index in [2.05, 4.69) is 15.3 Å². The van der Waals surface area contributed by atoms with E-state index >= 15 is 0 Å². The van der Waals surface area contributed by atoms with E-state index in [1.807, 2.05) is 6.07 Å². The van der Waals surface area contributed by atoms with E-state index < -0.39 is 28.5 Å². The summed E-state index contributed by atoms with van der Waals surface area (Å²) in [5.41, 5.74) is 2.64. The molecule has 38 heavy (non-hydrogen) atoms. The number of ether oxygens (including phenoxy) is 2. The fourth-order valence-electron chi connectivity index (χ4n) is 4.07. The highest BCUT2D eigenvalue weighted by atomic mass is 32.2. The van der Waals surface area contributed by atoms with Gasteiger partial charge in [0.05, 0.1) is 34.9 Å². The van der Waals surface area contributed by atoms with Crippen molar-refractivity contribution in [3.8, 4) is 11.3 Å². The largest absolute Gasteiger partial charge is 0.452 e. The summed E-state index contributed by atoms with van der Waals surface area (Å²) in [6.45, 7) is 0.777. The SMILES string of the molecule is O=C(COC(=O)c1cc(-c2ccncc2)nc2ccccc12)Nc1ccc(S(=O)(=O)N2CCOCC2)cc1. The zero-order valence-electron chi connectivity index (χ0n) is 20.2. The molecule has 5 rings (SSSR count). The van der Waals surface area contributed by atoms with E-state index in [1.54, 1.807) is 48.8 Å². The molecule has 0 radical (unpaired) electrons. The van der Waals surface area contributed by atoms with Crippen LogP contribution in [-0.2, 0) is 24.3 Å². The molecule has 3 heterocycles. The Kier molecular flexibility index (Phi) is 7.40. The van der Waals surface area contributed by atoms with Gasteiger partial charge in [0.2, 0.25) is 10.0 Å². The summed E-state index contributed by atoms with van der Waals surface area (Å²) < 4.78 is 37.4. The summed E-state index contributed by atoms with van der Waals surface area (Å²) in [4.78, 5) is 34.2. The molecule has 0 unspecified atom stereocenters. The second kappa shape index (κ2) is 11.1. The van der Waals surface area contributed by atoms with Crippen LogP contribution < -0.4 is 5.32 Å². The maximum Gasteiger partial charge on any atom is 0.339 e. The lowest BCUT2D eigenvalue weighted by molar-refractivity contribution is -0.119. The van der Waals surface area contributed by atoms with Gasteiger partial charge in [-0.25, -0.2) is 18.2 Å². The molecule has 10 nitrogen and oxygen atoms in total. The number of nitrogens with zero attached hydrogens (tertiary/aromatic N) is 3. The summed E-state index contributed by atoms with van der Waals surface area (Å²) in [6, 6.07) is 18.2. The Morgan fingerprint density at radius 2 is 1.68 bits per heavy atom. The molecule has 0 saturated carbocycles. The van der Waals surface area contributed by atoms with E-state index in [4.69, 9.17) is 9.47 Å². The van der Waals surface area contributed by atoms with Crippen LogP contribution >= 0.6 is 0 Å². The number of nitrogens with one attached hydrogen (secondary N) is 1. The van der Waals surface area contributed by atoms with Gasteiger partial charge in [0.1, 0.15) is 0 Å². The third kappa shape index (κ3) is 5.54. The topological polar surface area (TPSA) is 128 Å². The van der Waals surface area contributed by atoms with E-state index in [-0.39, 0.29) is 10.5 Å². The number of carbonyl (C=O) groups excluding carboxylic acids is 2. The van der Waals surface area contributed by atoms with E-state index in [1.165, 1.54) is 28.6 Å². The lowest BCUT2D eigenvalue weighted by Gasteiger charge is -2.26. The zero-order valence-corrected chi connectivity index (χ0v) is 21.1. The van der Waals surface area contributed by atoms with Crippen LogP contribution in [0.3, 0.4) is 0 Å². The number of pyridine rings is 2. The van der Waals surface area contributed by atoms with Crippen molar-refractivity contribution in [1.82, 2.24) is 14.3 Å². The molecule has 0 atom stereocenters. The van der Waals surface area contributed by atoms with Gasteiger partial charge >= 0.3 is 5.97 Å². The van der Waals surface area contributed by atoms with Gasteiger partial charge in [0.15, 0.2) is 6.61 Å². The molecule has 2 aromatic heterocycles. The first-order chi connectivity index (χ1) is 18.4. The molecule has 1 aliphatic rings. The molecule has 0 bridgehead atoms. The van der Waals surface area contributed by atoms with Crippen molar-refractivity contribution in [1.29, 1.82) is 0 Å². The number of benzene rings is 2. The second-order valence-electron chi connectivity index (χ2n) is 8.47. The lowest BCUT2D eigenvalue weighted by Crippen LogP contribution is -2.40. The Hall–Kier alpha value is -4.19. The van der Waals surface area contributed by atoms with Crippen LogP contribution in [-0.4, -0.2) is 67.5 Å². The molecule has 1 saturated heterocycles. The average molecular weight is 533 g/mol. The van der Waals surface area contributed by atoms with E-state index in [9.17, 15) is 18.0 Å². The standard InChI is InChI=1S/C27H24N4O6S/c32-26(29-20-5-7-21(8-6-20)38(34,35)31-13-15-36-16-14-31)18-37-27(33)23-17-25(19-9-11-28-12-10-19)30-24-4-2-1-3-22(23)24/h1-12,17H,13-16,18H2,(H,29,32). The quantitative estimate of drug-likeness (QED) is 0.360. The van der Waals surface area contributed by atoms with Gasteiger partial charge in [-0.3, -0.25) is 9.78 Å². The Labute approximate surface area is 219 Å². The van der Waals surface area contributed by atoms with Crippen LogP contribution in [0.1, 0.15) is 10.4 Å². The molecule has 1 aliphatic heterocycles. The predicted molar refractivity (Wildman–Crippen MR) is 140 cm³/mol. The number of anilines is 1. The number of carbonyl (C=O) groups is 2. The minimum absolute atomic E-state index is 0.124. The van der Waals surface area contributed by atoms with Crippen LogP contribution in [0.2, 0.25) is 0 Å². The van der Waals surface area contributed by atoms with Gasteiger partial charge in [-0.15, -0.1) is 0 Å². The third-order valence-electron chi connectivity index (χ3n) is 5.99. The zero-order chi connectivity index (χ0) is 26.5. The Morgan fingerprint density at radius 3 is 2.42 bits per heavy atom. The normalized spacial score (nSPS) is 14.2. The number of sulfonamides is 1. The van der Waals surface area contributed by atoms with Crippen molar-refractivity contribution in [2.75, 3.05) is 38.2 Å². The van der Waals surface area contributed by atoms with Crippen molar-refractivity contribution < 1.29 is 27.5 Å². The third-order valence-corrected chi connectivity index (χ3v) is 7.91. The van der Waals surface area contributed by atoms with E-state index in [0.29, 0.717) is 48.6 Å². The molecule has 2 aromatic carbocycles. The summed E-state index contributed by atoms with van der Waals surface area (Å²) in [5, 5.41) is 3.22. The van der Waals surface area contributed by atoms with Crippen molar-refractivity contribution in [3.05, 3.63) is 84.7 Å². The number of morpholine rings is 1. The van der Waals surface area contributed by atoms with Gasteiger partial charge in [0, 0.05) is 42.1 Å². The molecule has 1 amide bonds. The summed E-state index contributed by atoms with van der Waals surface area (Å²) in [7, 11) is -3.64. The Balaban J connectivity index is 1.25. The molecule has 11 heteroatoms. The van der Waals surface area contributed by atoms with E-state index in [0.717, 1.165) is 5.56 Å². The maximum atomic E-state index is 13.0. The average Bonchev–Trinajstić information content (AvgIpc) is 2.96. The Bertz CT molecular complexity index is 1570. The predicted octanol–water partition coefficient (Wildman–Crippen LogP) is 3.11. The fourth-order valence-corrected chi connectivity index (χ4v) is 5.47. The number of esters is 1. The molecule has 0 spiro atoms. The summed E-state index contributed by atoms with van der Waals surface area (Å²) in [6.07, 6.45) is 3.28.